The fourth-order valence-electron chi connectivity index (χ4n) is 3.08. The molecule has 2 atom stereocenters. The van der Waals surface area contributed by atoms with E-state index in [0.717, 1.165) is 17.7 Å². The van der Waals surface area contributed by atoms with Crippen molar-refractivity contribution in [1.29, 1.82) is 0 Å². The molecule has 0 aromatic heterocycles. The summed E-state index contributed by atoms with van der Waals surface area (Å²) in [6.45, 7) is 1.65. The number of hydrogen-bond donors (Lipinski definition) is 3. The van der Waals surface area contributed by atoms with E-state index in [1.54, 1.807) is 6.92 Å². The maximum Gasteiger partial charge on any atom is 0.416 e. The second kappa shape index (κ2) is 8.02. The first-order chi connectivity index (χ1) is 13.2. The van der Waals surface area contributed by atoms with E-state index in [0.29, 0.717) is 11.1 Å². The van der Waals surface area contributed by atoms with Gasteiger partial charge in [-0.2, -0.15) is 13.2 Å². The third-order valence-electron chi connectivity index (χ3n) is 4.64. The monoisotopic (exact) mass is 391 g/mol. The number of carbonyl (C=O) groups is 2. The molecule has 2 aromatic rings. The highest BCUT2D eigenvalue weighted by atomic mass is 19.4. The van der Waals surface area contributed by atoms with Crippen molar-refractivity contribution >= 4 is 11.8 Å². The van der Waals surface area contributed by atoms with Gasteiger partial charge in [0.2, 0.25) is 11.8 Å². The Labute approximate surface area is 160 Å². The van der Waals surface area contributed by atoms with Gasteiger partial charge in [0.25, 0.3) is 0 Å². The Morgan fingerprint density at radius 3 is 2.54 bits per heavy atom. The quantitative estimate of drug-likeness (QED) is 0.751. The first-order valence-electron chi connectivity index (χ1n) is 8.79. The Bertz CT molecular complexity index is 869. The average molecular weight is 391 g/mol. The molecule has 1 heterocycles. The molecule has 148 valence electrons. The van der Waals surface area contributed by atoms with E-state index in [1.807, 2.05) is 30.3 Å². The van der Waals surface area contributed by atoms with Gasteiger partial charge < -0.3 is 10.6 Å². The molecule has 8 heteroatoms. The summed E-state index contributed by atoms with van der Waals surface area (Å²) in [5.41, 5.74) is 1.12. The lowest BCUT2D eigenvalue weighted by Crippen LogP contribution is -2.56. The minimum atomic E-state index is -4.40. The van der Waals surface area contributed by atoms with E-state index >= 15 is 0 Å². The summed E-state index contributed by atoms with van der Waals surface area (Å²) in [5, 5.41) is 8.57. The molecule has 0 saturated carbocycles. The van der Waals surface area contributed by atoms with Gasteiger partial charge >= 0.3 is 6.18 Å². The molecule has 1 aliphatic rings. The molecule has 0 aliphatic carbocycles. The van der Waals surface area contributed by atoms with Crippen LogP contribution in [-0.4, -0.2) is 17.9 Å². The highest BCUT2D eigenvalue weighted by Gasteiger charge is 2.32. The van der Waals surface area contributed by atoms with Crippen LogP contribution < -0.4 is 16.0 Å². The Morgan fingerprint density at radius 1 is 1.18 bits per heavy atom. The largest absolute Gasteiger partial charge is 0.416 e. The number of amides is 2. The van der Waals surface area contributed by atoms with Crippen molar-refractivity contribution in [3.63, 3.8) is 0 Å². The number of benzene rings is 2. The summed E-state index contributed by atoms with van der Waals surface area (Å²) in [6, 6.07) is 11.9. The van der Waals surface area contributed by atoms with Crippen molar-refractivity contribution in [3.05, 3.63) is 70.8 Å². The second-order valence-corrected chi connectivity index (χ2v) is 6.69. The van der Waals surface area contributed by atoms with Crippen molar-refractivity contribution in [3.8, 4) is 0 Å². The van der Waals surface area contributed by atoms with Crippen molar-refractivity contribution in [1.82, 2.24) is 16.0 Å². The molecule has 3 N–H and O–H groups in total. The van der Waals surface area contributed by atoms with Crippen LogP contribution in [0.3, 0.4) is 0 Å². The summed E-state index contributed by atoms with van der Waals surface area (Å²) in [6.07, 6.45) is -4.90. The molecule has 0 radical (unpaired) electrons. The van der Waals surface area contributed by atoms with Gasteiger partial charge in [0.05, 0.1) is 18.0 Å². The van der Waals surface area contributed by atoms with E-state index in [-0.39, 0.29) is 24.8 Å². The summed E-state index contributed by atoms with van der Waals surface area (Å²) in [5.74, 6) is -0.631. The SMILES string of the molecule is Cc1cc(C(F)(F)F)ccc1CNC(=O)C1CC(=O)NC(c2ccccc2)N1. The van der Waals surface area contributed by atoms with Gasteiger partial charge in [0, 0.05) is 6.54 Å². The third-order valence-corrected chi connectivity index (χ3v) is 4.64. The molecule has 2 aromatic carbocycles. The van der Waals surface area contributed by atoms with Crippen molar-refractivity contribution in [2.45, 2.75) is 38.3 Å². The fourth-order valence-corrected chi connectivity index (χ4v) is 3.08. The van der Waals surface area contributed by atoms with Crippen LogP contribution in [-0.2, 0) is 22.3 Å². The van der Waals surface area contributed by atoms with Crippen LogP contribution in [0.5, 0.6) is 0 Å². The van der Waals surface area contributed by atoms with Crippen LogP contribution in [0.15, 0.2) is 48.5 Å². The summed E-state index contributed by atoms with van der Waals surface area (Å²) < 4.78 is 38.3. The maximum atomic E-state index is 12.8. The van der Waals surface area contributed by atoms with Crippen molar-refractivity contribution < 1.29 is 22.8 Å². The molecule has 5 nitrogen and oxygen atoms in total. The number of rotatable bonds is 4. The smallest absolute Gasteiger partial charge is 0.351 e. The highest BCUT2D eigenvalue weighted by Crippen LogP contribution is 2.30. The molecular formula is C20H20F3N3O2. The van der Waals surface area contributed by atoms with Gasteiger partial charge in [-0.05, 0) is 35.7 Å². The van der Waals surface area contributed by atoms with Crippen LogP contribution in [0.2, 0.25) is 0 Å². The summed E-state index contributed by atoms with van der Waals surface area (Å²) in [4.78, 5) is 24.5. The lowest BCUT2D eigenvalue weighted by atomic mass is 10.0. The van der Waals surface area contributed by atoms with Crippen LogP contribution >= 0.6 is 0 Å². The molecule has 3 rings (SSSR count). The van der Waals surface area contributed by atoms with E-state index in [4.69, 9.17) is 0 Å². The maximum absolute atomic E-state index is 12.8. The number of hydrogen-bond acceptors (Lipinski definition) is 3. The van der Waals surface area contributed by atoms with Gasteiger partial charge in [-0.3, -0.25) is 14.9 Å². The zero-order chi connectivity index (χ0) is 20.3. The average Bonchev–Trinajstić information content (AvgIpc) is 2.66. The van der Waals surface area contributed by atoms with Crippen molar-refractivity contribution in [2.75, 3.05) is 0 Å². The zero-order valence-electron chi connectivity index (χ0n) is 15.1. The van der Waals surface area contributed by atoms with E-state index in [2.05, 4.69) is 16.0 Å². The van der Waals surface area contributed by atoms with E-state index < -0.39 is 23.9 Å². The Hall–Kier alpha value is -2.87. The van der Waals surface area contributed by atoms with Gasteiger partial charge in [-0.25, -0.2) is 0 Å². The minimum Gasteiger partial charge on any atom is -0.351 e. The van der Waals surface area contributed by atoms with Crippen LogP contribution in [0.1, 0.15) is 34.8 Å². The first-order valence-corrected chi connectivity index (χ1v) is 8.79. The van der Waals surface area contributed by atoms with Gasteiger partial charge in [-0.15, -0.1) is 0 Å². The highest BCUT2D eigenvalue weighted by molar-refractivity contribution is 5.89. The Balaban J connectivity index is 1.64. The van der Waals surface area contributed by atoms with Gasteiger partial charge in [0.15, 0.2) is 0 Å². The number of aryl methyl sites for hydroxylation is 1. The van der Waals surface area contributed by atoms with Crippen LogP contribution in [0, 0.1) is 6.92 Å². The summed E-state index contributed by atoms with van der Waals surface area (Å²) >= 11 is 0. The fraction of sp³-hybridized carbons (Fsp3) is 0.300. The summed E-state index contributed by atoms with van der Waals surface area (Å²) in [7, 11) is 0. The number of alkyl halides is 3. The molecule has 0 spiro atoms. The van der Waals surface area contributed by atoms with Crippen molar-refractivity contribution in [2.24, 2.45) is 0 Å². The molecule has 1 fully saturated rings. The van der Waals surface area contributed by atoms with Gasteiger partial charge in [0.1, 0.15) is 6.17 Å². The molecule has 1 aliphatic heterocycles. The molecule has 0 bridgehead atoms. The second-order valence-electron chi connectivity index (χ2n) is 6.69. The topological polar surface area (TPSA) is 70.2 Å². The molecule has 1 saturated heterocycles. The predicted octanol–water partition coefficient (Wildman–Crippen LogP) is 2.81. The Morgan fingerprint density at radius 2 is 1.89 bits per heavy atom. The number of nitrogens with one attached hydrogen (secondary N) is 3. The lowest BCUT2D eigenvalue weighted by molar-refractivity contribution is -0.137. The minimum absolute atomic E-state index is 0.0127. The first kappa shape index (κ1) is 19.9. The molecule has 2 amide bonds. The number of carbonyl (C=O) groups excluding carboxylic acids is 2. The normalized spacial score (nSPS) is 19.8. The third kappa shape index (κ3) is 4.69. The van der Waals surface area contributed by atoms with E-state index in [9.17, 15) is 22.8 Å². The standard InChI is InChI=1S/C20H20F3N3O2/c1-12-9-15(20(21,22)23)8-7-14(12)11-24-19(28)16-10-17(27)26-18(25-16)13-5-3-2-4-6-13/h2-9,16,18,25H,10-11H2,1H3,(H,24,28)(H,26,27). The lowest BCUT2D eigenvalue weighted by Gasteiger charge is -2.31. The molecular weight excluding hydrogens is 371 g/mol. The predicted molar refractivity (Wildman–Crippen MR) is 96.9 cm³/mol. The van der Waals surface area contributed by atoms with Crippen LogP contribution in [0.25, 0.3) is 0 Å². The molecule has 28 heavy (non-hydrogen) atoms. The van der Waals surface area contributed by atoms with Gasteiger partial charge in [-0.1, -0.05) is 36.4 Å². The number of halogens is 3. The zero-order valence-corrected chi connectivity index (χ0v) is 15.1. The Kier molecular flexibility index (Phi) is 5.69. The molecule has 2 unspecified atom stereocenters. The van der Waals surface area contributed by atoms with Crippen LogP contribution in [0.4, 0.5) is 13.2 Å². The van der Waals surface area contributed by atoms with E-state index in [1.165, 1.54) is 6.07 Å².